The second-order valence-corrected chi connectivity index (χ2v) is 1.86. The molecule has 3 heteroatoms. The zero-order valence-corrected chi connectivity index (χ0v) is 6.64. The van der Waals surface area contributed by atoms with Crippen molar-refractivity contribution in [1.82, 2.24) is 0 Å². The predicted molar refractivity (Wildman–Crippen MR) is 49.3 cm³/mol. The SMILES string of the molecule is C=C[B]O.N#Cc1ccccc1. The molecule has 0 saturated heterocycles. The van der Waals surface area contributed by atoms with Gasteiger partial charge in [0, 0.05) is 0 Å². The topological polar surface area (TPSA) is 44.0 Å². The van der Waals surface area contributed by atoms with E-state index in [0.717, 1.165) is 7.48 Å². The number of benzene rings is 1. The van der Waals surface area contributed by atoms with Crippen LogP contribution in [0.1, 0.15) is 5.56 Å². The summed E-state index contributed by atoms with van der Waals surface area (Å²) in [6, 6.07) is 11.2. The van der Waals surface area contributed by atoms with Gasteiger partial charge >= 0.3 is 7.48 Å². The Hall–Kier alpha value is -1.53. The van der Waals surface area contributed by atoms with E-state index in [0.29, 0.717) is 5.56 Å². The van der Waals surface area contributed by atoms with E-state index in [-0.39, 0.29) is 0 Å². The van der Waals surface area contributed by atoms with Gasteiger partial charge in [0.1, 0.15) is 0 Å². The second-order valence-electron chi connectivity index (χ2n) is 1.86. The van der Waals surface area contributed by atoms with E-state index in [1.54, 1.807) is 12.1 Å². The lowest BCUT2D eigenvalue weighted by Crippen LogP contribution is -1.71. The molecule has 59 valence electrons. The van der Waals surface area contributed by atoms with Crippen LogP contribution in [0.3, 0.4) is 0 Å². The molecule has 1 aromatic carbocycles. The summed E-state index contributed by atoms with van der Waals surface area (Å²) in [7, 11) is 0.889. The first-order valence-electron chi connectivity index (χ1n) is 3.38. The van der Waals surface area contributed by atoms with E-state index in [1.165, 1.54) is 5.98 Å². The van der Waals surface area contributed by atoms with Crippen molar-refractivity contribution in [2.45, 2.75) is 0 Å². The van der Waals surface area contributed by atoms with Gasteiger partial charge in [0.15, 0.2) is 0 Å². The molecule has 0 fully saturated rings. The predicted octanol–water partition coefficient (Wildman–Crippen LogP) is 1.30. The molecule has 0 atom stereocenters. The average Bonchev–Trinajstić information content (AvgIpc) is 2.19. The fourth-order valence-electron chi connectivity index (χ4n) is 0.513. The van der Waals surface area contributed by atoms with E-state index >= 15 is 0 Å². The maximum atomic E-state index is 8.29. The minimum atomic E-state index is 0.715. The molecule has 12 heavy (non-hydrogen) atoms. The quantitative estimate of drug-likeness (QED) is 0.626. The van der Waals surface area contributed by atoms with Gasteiger partial charge in [0.25, 0.3) is 0 Å². The number of nitrogens with zero attached hydrogens (tertiary/aromatic N) is 1. The third-order valence-corrected chi connectivity index (χ3v) is 1.01. The van der Waals surface area contributed by atoms with Crippen molar-refractivity contribution in [3.8, 4) is 6.07 Å². The molecule has 0 aromatic heterocycles. The second kappa shape index (κ2) is 7.58. The van der Waals surface area contributed by atoms with Crippen LogP contribution in [0.4, 0.5) is 0 Å². The van der Waals surface area contributed by atoms with Crippen LogP contribution in [-0.4, -0.2) is 12.5 Å². The lowest BCUT2D eigenvalue weighted by Gasteiger charge is -1.80. The average molecular weight is 158 g/mol. The molecular weight excluding hydrogens is 149 g/mol. The molecule has 1 rings (SSSR count). The summed E-state index contributed by atoms with van der Waals surface area (Å²) >= 11 is 0. The molecule has 1 aromatic rings. The Morgan fingerprint density at radius 1 is 1.42 bits per heavy atom. The van der Waals surface area contributed by atoms with Crippen molar-refractivity contribution in [1.29, 1.82) is 5.26 Å². The fraction of sp³-hybridized carbons (Fsp3) is 0. The molecule has 0 aliphatic heterocycles. The van der Waals surface area contributed by atoms with Crippen LogP contribution in [0.5, 0.6) is 0 Å². The Labute approximate surface area is 73.1 Å². The molecule has 0 unspecified atom stereocenters. The summed E-state index contributed by atoms with van der Waals surface area (Å²) in [6.07, 6.45) is 0. The van der Waals surface area contributed by atoms with Crippen LogP contribution >= 0.6 is 0 Å². The lowest BCUT2D eigenvalue weighted by atomic mass is 10.1. The van der Waals surface area contributed by atoms with Crippen LogP contribution in [0.2, 0.25) is 0 Å². The highest BCUT2D eigenvalue weighted by Gasteiger charge is 1.79. The molecule has 1 N–H and O–H groups in total. The number of hydrogen-bond acceptors (Lipinski definition) is 2. The van der Waals surface area contributed by atoms with Crippen LogP contribution in [0, 0.1) is 11.3 Å². The summed E-state index contributed by atoms with van der Waals surface area (Å²) in [5.41, 5.74) is 0.715. The van der Waals surface area contributed by atoms with Crippen molar-refractivity contribution >= 4 is 7.48 Å². The van der Waals surface area contributed by atoms with Gasteiger partial charge in [-0.3, -0.25) is 0 Å². The molecule has 1 radical (unpaired) electrons. The van der Waals surface area contributed by atoms with Gasteiger partial charge < -0.3 is 5.02 Å². The smallest absolute Gasteiger partial charge is 0.317 e. The van der Waals surface area contributed by atoms with E-state index < -0.39 is 0 Å². The standard InChI is InChI=1S/C7H5N.C2H4BO/c8-6-7-4-2-1-3-5-7;1-2-3-4/h1-5H;2,4H,1H2. The largest absolute Gasteiger partial charge is 0.450 e. The highest BCUT2D eigenvalue weighted by Crippen LogP contribution is 1.92. The Morgan fingerprint density at radius 2 is 1.92 bits per heavy atom. The lowest BCUT2D eigenvalue weighted by molar-refractivity contribution is 0.614. The monoisotopic (exact) mass is 158 g/mol. The molecule has 0 bridgehead atoms. The van der Waals surface area contributed by atoms with Crippen LogP contribution in [-0.2, 0) is 0 Å². The summed E-state index contributed by atoms with van der Waals surface area (Å²) in [4.78, 5) is 0. The van der Waals surface area contributed by atoms with E-state index in [4.69, 9.17) is 10.3 Å². The van der Waals surface area contributed by atoms with Crippen LogP contribution in [0.15, 0.2) is 42.9 Å². The number of rotatable bonds is 1. The van der Waals surface area contributed by atoms with E-state index in [2.05, 4.69) is 6.58 Å². The van der Waals surface area contributed by atoms with Crippen molar-refractivity contribution < 1.29 is 5.02 Å². The molecule has 0 spiro atoms. The number of nitriles is 1. The molecule has 2 nitrogen and oxygen atoms in total. The third kappa shape index (κ3) is 5.27. The minimum absolute atomic E-state index is 0.715. The minimum Gasteiger partial charge on any atom is -0.450 e. The first kappa shape index (κ1) is 10.5. The van der Waals surface area contributed by atoms with Gasteiger partial charge in [-0.15, -0.1) is 6.58 Å². The normalized spacial score (nSPS) is 7.00. The zero-order chi connectivity index (χ0) is 9.23. The maximum Gasteiger partial charge on any atom is 0.317 e. The Morgan fingerprint density at radius 3 is 2.17 bits per heavy atom. The summed E-state index contributed by atoms with van der Waals surface area (Å²) in [5, 5.41) is 15.9. The first-order chi connectivity index (χ1) is 5.85. The summed E-state index contributed by atoms with van der Waals surface area (Å²) in [6.45, 7) is 3.17. The van der Waals surface area contributed by atoms with Crippen molar-refractivity contribution in [2.24, 2.45) is 0 Å². The molecular formula is C9H9BNO. The third-order valence-electron chi connectivity index (χ3n) is 1.01. The summed E-state index contributed by atoms with van der Waals surface area (Å²) in [5.74, 6) is 1.31. The van der Waals surface area contributed by atoms with E-state index in [9.17, 15) is 0 Å². The highest BCUT2D eigenvalue weighted by molar-refractivity contribution is 6.32. The first-order valence-corrected chi connectivity index (χ1v) is 3.38. The van der Waals surface area contributed by atoms with Gasteiger partial charge in [-0.2, -0.15) is 5.26 Å². The molecule has 0 aliphatic rings. The van der Waals surface area contributed by atoms with Crippen LogP contribution < -0.4 is 0 Å². The molecule has 0 saturated carbocycles. The maximum absolute atomic E-state index is 8.29. The van der Waals surface area contributed by atoms with Crippen molar-refractivity contribution in [3.05, 3.63) is 48.4 Å². The Bertz CT molecular complexity index is 253. The Balaban J connectivity index is 0.000000261. The fourth-order valence-corrected chi connectivity index (χ4v) is 0.513. The Kier molecular flexibility index (Phi) is 6.62. The van der Waals surface area contributed by atoms with Crippen molar-refractivity contribution in [2.75, 3.05) is 0 Å². The number of hydrogen-bond donors (Lipinski definition) is 1. The highest BCUT2D eigenvalue weighted by atomic mass is 16.2. The van der Waals surface area contributed by atoms with E-state index in [1.807, 2.05) is 24.3 Å². The van der Waals surface area contributed by atoms with Crippen molar-refractivity contribution in [3.63, 3.8) is 0 Å². The van der Waals surface area contributed by atoms with Gasteiger partial charge in [-0.25, -0.2) is 0 Å². The molecule has 0 amide bonds. The molecule has 0 heterocycles. The van der Waals surface area contributed by atoms with Gasteiger partial charge in [0.2, 0.25) is 0 Å². The van der Waals surface area contributed by atoms with Gasteiger partial charge in [0.05, 0.1) is 11.6 Å². The van der Waals surface area contributed by atoms with Gasteiger partial charge in [-0.05, 0) is 12.1 Å². The van der Waals surface area contributed by atoms with Crippen LogP contribution in [0.25, 0.3) is 0 Å². The summed E-state index contributed by atoms with van der Waals surface area (Å²) < 4.78 is 0. The zero-order valence-electron chi connectivity index (χ0n) is 6.64. The van der Waals surface area contributed by atoms with Gasteiger partial charge in [-0.1, -0.05) is 24.2 Å². The molecule has 0 aliphatic carbocycles.